The van der Waals surface area contributed by atoms with E-state index in [9.17, 15) is 29.1 Å². The Morgan fingerprint density at radius 2 is 1.25 bits per heavy atom. The van der Waals surface area contributed by atoms with Crippen molar-refractivity contribution in [1.82, 2.24) is 0 Å². The summed E-state index contributed by atoms with van der Waals surface area (Å²) in [6, 6.07) is 0. The number of carbonyl (C=O) groups excluding carboxylic acids is 5. The standard InChI is InChI=1S/C25H38O14S/c1-11(2)34-24-17(31)8-20(18(38-24)9-32-12(3)26)40-25-23(37-16(7)30)22(36-15(6)29)21(35-14(5)28)19(39-25)10-33-13(4)27/h11,17-25,31H,8-10H2,1-7H3/t17-,18-,19-,20-,21+,22+,23-,24+,25+/m1/s1. The van der Waals surface area contributed by atoms with Gasteiger partial charge in [0.25, 0.3) is 0 Å². The van der Waals surface area contributed by atoms with Crippen molar-refractivity contribution < 1.29 is 67.0 Å². The smallest absolute Gasteiger partial charge is 0.303 e. The van der Waals surface area contributed by atoms with Gasteiger partial charge in [-0.25, -0.2) is 0 Å². The van der Waals surface area contributed by atoms with Crippen molar-refractivity contribution in [1.29, 1.82) is 0 Å². The number of hydrogen-bond donors (Lipinski definition) is 1. The van der Waals surface area contributed by atoms with Gasteiger partial charge in [0, 0.05) is 39.9 Å². The van der Waals surface area contributed by atoms with Crippen molar-refractivity contribution in [2.45, 2.75) is 115 Å². The Bertz CT molecular complexity index is 910. The quantitative estimate of drug-likeness (QED) is 0.260. The molecule has 0 aromatic rings. The fourth-order valence-electron chi connectivity index (χ4n) is 4.20. The molecule has 0 bridgehead atoms. The van der Waals surface area contributed by atoms with Crippen molar-refractivity contribution >= 4 is 41.6 Å². The van der Waals surface area contributed by atoms with Crippen LogP contribution in [0.1, 0.15) is 54.9 Å². The van der Waals surface area contributed by atoms with Crippen LogP contribution in [0.15, 0.2) is 0 Å². The zero-order valence-corrected chi connectivity index (χ0v) is 24.4. The fraction of sp³-hybridized carbons (Fsp3) is 0.800. The number of rotatable bonds is 11. The Balaban J connectivity index is 2.44. The fourth-order valence-corrected chi connectivity index (χ4v) is 5.75. The van der Waals surface area contributed by atoms with Gasteiger partial charge in [-0.2, -0.15) is 0 Å². The van der Waals surface area contributed by atoms with Crippen LogP contribution >= 0.6 is 11.8 Å². The van der Waals surface area contributed by atoms with Crippen LogP contribution in [0.3, 0.4) is 0 Å². The Morgan fingerprint density at radius 1 is 0.750 bits per heavy atom. The van der Waals surface area contributed by atoms with E-state index in [1.807, 2.05) is 0 Å². The summed E-state index contributed by atoms with van der Waals surface area (Å²) in [6.45, 7) is 8.81. The summed E-state index contributed by atoms with van der Waals surface area (Å²) in [5.41, 5.74) is -1.09. The lowest BCUT2D eigenvalue weighted by atomic mass is 9.99. The van der Waals surface area contributed by atoms with Gasteiger partial charge in [0.15, 0.2) is 24.6 Å². The third kappa shape index (κ3) is 10.5. The first-order valence-electron chi connectivity index (χ1n) is 12.8. The monoisotopic (exact) mass is 594 g/mol. The average Bonchev–Trinajstić information content (AvgIpc) is 2.81. The van der Waals surface area contributed by atoms with Crippen molar-refractivity contribution in [3.05, 3.63) is 0 Å². The van der Waals surface area contributed by atoms with Crippen LogP contribution in [-0.2, 0) is 61.9 Å². The number of hydrogen-bond acceptors (Lipinski definition) is 15. The maximum Gasteiger partial charge on any atom is 0.303 e. The topological polar surface area (TPSA) is 179 Å². The summed E-state index contributed by atoms with van der Waals surface area (Å²) in [4.78, 5) is 59.2. The first-order chi connectivity index (χ1) is 18.7. The molecule has 0 radical (unpaired) electrons. The van der Waals surface area contributed by atoms with E-state index in [0.717, 1.165) is 32.5 Å². The predicted molar refractivity (Wildman–Crippen MR) is 135 cm³/mol. The van der Waals surface area contributed by atoms with Gasteiger partial charge in [0.1, 0.15) is 37.0 Å². The Morgan fingerprint density at radius 3 is 1.75 bits per heavy atom. The number of carbonyl (C=O) groups is 5. The molecular formula is C25H38O14S. The van der Waals surface area contributed by atoms with E-state index in [-0.39, 0.29) is 25.7 Å². The van der Waals surface area contributed by atoms with Crippen LogP contribution in [0.2, 0.25) is 0 Å². The number of esters is 5. The zero-order chi connectivity index (χ0) is 30.1. The molecule has 228 valence electrons. The molecule has 0 aromatic carbocycles. The maximum absolute atomic E-state index is 12.1. The SMILES string of the molecule is CC(=O)OC[C@H]1O[C@@H](S[C@@H]2C[C@@H](O)[C@@H](OC(C)C)O[C@@H]2COC(C)=O)[C@H](OC(C)=O)[C@@H](OC(C)=O)[C@H]1OC(C)=O. The van der Waals surface area contributed by atoms with Gasteiger partial charge in [-0.15, -0.1) is 11.8 Å². The van der Waals surface area contributed by atoms with Gasteiger partial charge in [-0.3, -0.25) is 24.0 Å². The molecule has 2 heterocycles. The van der Waals surface area contributed by atoms with E-state index in [2.05, 4.69) is 0 Å². The van der Waals surface area contributed by atoms with Crippen molar-refractivity contribution in [2.24, 2.45) is 0 Å². The number of ether oxygens (including phenoxy) is 8. The molecule has 2 aliphatic rings. The van der Waals surface area contributed by atoms with E-state index in [4.69, 9.17) is 37.9 Å². The van der Waals surface area contributed by atoms with E-state index in [1.54, 1.807) is 13.8 Å². The average molecular weight is 595 g/mol. The molecule has 2 fully saturated rings. The molecule has 0 unspecified atom stereocenters. The largest absolute Gasteiger partial charge is 0.463 e. The van der Waals surface area contributed by atoms with Crippen molar-refractivity contribution in [3.63, 3.8) is 0 Å². The Labute approximate surface area is 236 Å². The second kappa shape index (κ2) is 15.5. The molecule has 0 spiro atoms. The highest BCUT2D eigenvalue weighted by molar-refractivity contribution is 8.00. The molecule has 2 aliphatic heterocycles. The minimum Gasteiger partial charge on any atom is -0.463 e. The third-order valence-corrected chi connectivity index (χ3v) is 7.12. The normalized spacial score (nSPS) is 32.1. The number of thioether (sulfide) groups is 1. The van der Waals surface area contributed by atoms with Gasteiger partial charge < -0.3 is 43.0 Å². The van der Waals surface area contributed by atoms with Crippen LogP contribution in [0.4, 0.5) is 0 Å². The molecule has 1 N–H and O–H groups in total. The molecule has 2 saturated heterocycles. The van der Waals surface area contributed by atoms with Crippen molar-refractivity contribution in [3.8, 4) is 0 Å². The van der Waals surface area contributed by atoms with E-state index < -0.39 is 83.4 Å². The molecule has 15 heteroatoms. The number of aliphatic hydroxyl groups excluding tert-OH is 1. The first kappa shape index (κ1) is 33.7. The first-order valence-corrected chi connectivity index (χ1v) is 13.7. The van der Waals surface area contributed by atoms with Crippen LogP contribution in [0.25, 0.3) is 0 Å². The maximum atomic E-state index is 12.1. The van der Waals surface area contributed by atoms with E-state index >= 15 is 0 Å². The molecule has 0 aromatic heterocycles. The molecule has 0 saturated carbocycles. The van der Waals surface area contributed by atoms with Crippen LogP contribution in [0, 0.1) is 0 Å². The molecule has 9 atom stereocenters. The molecule has 2 rings (SSSR count). The van der Waals surface area contributed by atoms with Gasteiger partial charge >= 0.3 is 29.8 Å². The minimum absolute atomic E-state index is 0.0981. The molecule has 0 aliphatic carbocycles. The summed E-state index contributed by atoms with van der Waals surface area (Å²) < 4.78 is 44.4. The zero-order valence-electron chi connectivity index (χ0n) is 23.6. The molecule has 14 nitrogen and oxygen atoms in total. The molecule has 40 heavy (non-hydrogen) atoms. The highest BCUT2D eigenvalue weighted by atomic mass is 32.2. The van der Waals surface area contributed by atoms with Gasteiger partial charge in [-0.1, -0.05) is 0 Å². The van der Waals surface area contributed by atoms with E-state index in [1.165, 1.54) is 13.8 Å². The summed E-state index contributed by atoms with van der Waals surface area (Å²) in [6.07, 6.45) is -8.06. The third-order valence-electron chi connectivity index (χ3n) is 5.63. The van der Waals surface area contributed by atoms with Crippen LogP contribution in [-0.4, -0.2) is 108 Å². The van der Waals surface area contributed by atoms with Crippen LogP contribution in [0.5, 0.6) is 0 Å². The van der Waals surface area contributed by atoms with Gasteiger partial charge in [0.2, 0.25) is 0 Å². The second-order valence-corrected chi connectivity index (χ2v) is 10.9. The highest BCUT2D eigenvalue weighted by Gasteiger charge is 2.54. The van der Waals surface area contributed by atoms with E-state index in [0.29, 0.717) is 0 Å². The number of aliphatic hydroxyl groups is 1. The predicted octanol–water partition coefficient (Wildman–Crippen LogP) is 0.635. The second-order valence-electron chi connectivity index (χ2n) is 9.58. The van der Waals surface area contributed by atoms with Crippen LogP contribution < -0.4 is 0 Å². The summed E-state index contributed by atoms with van der Waals surface area (Å²) in [5, 5.41) is 10.1. The van der Waals surface area contributed by atoms with Gasteiger partial charge in [0.05, 0.1) is 6.10 Å². The van der Waals surface area contributed by atoms with Gasteiger partial charge in [-0.05, 0) is 20.3 Å². The molecule has 0 amide bonds. The highest BCUT2D eigenvalue weighted by Crippen LogP contribution is 2.40. The molecular weight excluding hydrogens is 556 g/mol. The lowest BCUT2D eigenvalue weighted by Crippen LogP contribution is -2.62. The summed E-state index contributed by atoms with van der Waals surface area (Å²) >= 11 is 1.06. The minimum atomic E-state index is -1.34. The Kier molecular flexibility index (Phi) is 13.1. The lowest BCUT2D eigenvalue weighted by molar-refractivity contribution is -0.256. The summed E-state index contributed by atoms with van der Waals surface area (Å²) in [7, 11) is 0. The van der Waals surface area contributed by atoms with Crippen molar-refractivity contribution in [2.75, 3.05) is 13.2 Å². The lowest BCUT2D eigenvalue weighted by Gasteiger charge is -2.46. The summed E-state index contributed by atoms with van der Waals surface area (Å²) in [5.74, 6) is -3.42. The Hall–Kier alpha value is -2.46.